The third-order valence-corrected chi connectivity index (χ3v) is 7.64. The van der Waals surface area contributed by atoms with Gasteiger partial charge >= 0.3 is 5.63 Å². The third-order valence-electron chi connectivity index (χ3n) is 7.64. The summed E-state index contributed by atoms with van der Waals surface area (Å²) in [7, 11) is 0. The molecule has 1 heterocycles. The van der Waals surface area contributed by atoms with Gasteiger partial charge in [-0.2, -0.15) is 5.10 Å². The van der Waals surface area contributed by atoms with Crippen LogP contribution in [0.3, 0.4) is 0 Å². The van der Waals surface area contributed by atoms with Crippen LogP contribution in [0.1, 0.15) is 63.5 Å². The van der Waals surface area contributed by atoms with Crippen LogP contribution >= 0.6 is 0 Å². The Kier molecular flexibility index (Phi) is 12.4. The summed E-state index contributed by atoms with van der Waals surface area (Å²) in [4.78, 5) is 15.1. The van der Waals surface area contributed by atoms with Gasteiger partial charge in [0, 0.05) is 11.6 Å². The topological polar surface area (TPSA) is 79.3 Å². The molecule has 2 unspecified atom stereocenters. The van der Waals surface area contributed by atoms with E-state index in [0.717, 1.165) is 62.3 Å². The molecule has 4 aromatic rings. The van der Waals surface area contributed by atoms with Crippen LogP contribution in [0.4, 0.5) is 5.69 Å². The average molecular weight is 576 g/mol. The summed E-state index contributed by atoms with van der Waals surface area (Å²) in [6, 6.07) is 27.0. The van der Waals surface area contributed by atoms with Crippen LogP contribution in [0.5, 0.6) is 5.75 Å². The summed E-state index contributed by atoms with van der Waals surface area (Å²) in [5.41, 5.74) is 6.09. The fraction of sp³-hybridized carbons (Fsp3) is 0.353. The van der Waals surface area contributed by atoms with Crippen molar-refractivity contribution in [3.05, 3.63) is 106 Å². The number of unbranched alkanes of at least 4 members (excludes halogenated alkanes) is 2. The van der Waals surface area contributed by atoms with E-state index in [1.165, 1.54) is 4.90 Å². The zero-order valence-electron chi connectivity index (χ0n) is 24.3. The van der Waals surface area contributed by atoms with E-state index < -0.39 is 11.5 Å². The van der Waals surface area contributed by atoms with Crippen LogP contribution in [-0.2, 0) is 0 Å². The fourth-order valence-corrected chi connectivity index (χ4v) is 5.43. The Morgan fingerprint density at radius 1 is 0.902 bits per heavy atom. The molecule has 0 fully saturated rings. The molecule has 6 nitrogen and oxygen atoms in total. The number of rotatable bonds is 14. The third kappa shape index (κ3) is 8.21. The number of aromatic hydroxyl groups is 1. The van der Waals surface area contributed by atoms with Gasteiger partial charge in [-0.15, -0.1) is 0 Å². The SMILES string of the molecule is CCCC[NH+](CCCC)CC(/C(C)=N/Nc1ccccc1)C(c1ccccc1)c1c(O)c2ccccc2oc1=O.[Cl-]. The number of hydrogen-bond donors (Lipinski definition) is 3. The predicted molar refractivity (Wildman–Crippen MR) is 164 cm³/mol. The van der Waals surface area contributed by atoms with Gasteiger partial charge in [-0.3, -0.25) is 5.43 Å². The first-order chi connectivity index (χ1) is 19.5. The highest BCUT2D eigenvalue weighted by atomic mass is 35.5. The van der Waals surface area contributed by atoms with Crippen molar-refractivity contribution >= 4 is 22.4 Å². The molecule has 4 rings (SSSR count). The lowest BCUT2D eigenvalue weighted by atomic mass is 9.78. The first kappa shape index (κ1) is 31.9. The average Bonchev–Trinajstić information content (AvgIpc) is 2.99. The van der Waals surface area contributed by atoms with Gasteiger partial charge in [0.05, 0.1) is 42.2 Å². The molecule has 0 saturated heterocycles. The second-order valence-electron chi connectivity index (χ2n) is 10.5. The monoisotopic (exact) mass is 575 g/mol. The maximum Gasteiger partial charge on any atom is 0.343 e. The summed E-state index contributed by atoms with van der Waals surface area (Å²) in [6.07, 6.45) is 4.51. The summed E-state index contributed by atoms with van der Waals surface area (Å²) in [6.45, 7) is 9.33. The minimum absolute atomic E-state index is 0. The molecule has 0 aliphatic heterocycles. The number of fused-ring (bicyclic) bond motifs is 1. The molecule has 3 aromatic carbocycles. The van der Waals surface area contributed by atoms with E-state index in [2.05, 4.69) is 19.3 Å². The van der Waals surface area contributed by atoms with Crippen molar-refractivity contribution in [3.8, 4) is 5.75 Å². The predicted octanol–water partition coefficient (Wildman–Crippen LogP) is 3.22. The molecule has 41 heavy (non-hydrogen) atoms. The molecule has 0 aliphatic rings. The van der Waals surface area contributed by atoms with Crippen molar-refractivity contribution in [2.24, 2.45) is 11.0 Å². The molecule has 0 spiro atoms. The fourth-order valence-electron chi connectivity index (χ4n) is 5.43. The van der Waals surface area contributed by atoms with Gasteiger partial charge in [0.1, 0.15) is 11.3 Å². The Labute approximate surface area is 249 Å². The molecule has 0 radical (unpaired) electrons. The van der Waals surface area contributed by atoms with Gasteiger partial charge in [0.2, 0.25) is 0 Å². The lowest BCUT2D eigenvalue weighted by Crippen LogP contribution is -3.13. The van der Waals surface area contributed by atoms with Gasteiger partial charge < -0.3 is 26.8 Å². The number of quaternary nitrogens is 1. The van der Waals surface area contributed by atoms with Crippen molar-refractivity contribution < 1.29 is 26.8 Å². The van der Waals surface area contributed by atoms with Crippen molar-refractivity contribution in [1.82, 2.24) is 0 Å². The zero-order chi connectivity index (χ0) is 28.3. The van der Waals surface area contributed by atoms with Crippen molar-refractivity contribution in [2.45, 2.75) is 52.4 Å². The Morgan fingerprint density at radius 2 is 1.49 bits per heavy atom. The molecule has 0 saturated carbocycles. The molecular weight excluding hydrogens is 534 g/mol. The second kappa shape index (κ2) is 16.0. The minimum atomic E-state index is -0.512. The molecular formula is C34H42ClN3O3. The lowest BCUT2D eigenvalue weighted by Gasteiger charge is -2.31. The first-order valence-electron chi connectivity index (χ1n) is 14.5. The number of halogens is 1. The van der Waals surface area contributed by atoms with Gasteiger partial charge in [-0.1, -0.05) is 87.4 Å². The van der Waals surface area contributed by atoms with Gasteiger partial charge in [0.25, 0.3) is 0 Å². The maximum absolute atomic E-state index is 13.6. The number of hydrazone groups is 1. The number of anilines is 1. The molecule has 0 amide bonds. The number of nitrogens with one attached hydrogen (secondary N) is 2. The smallest absolute Gasteiger partial charge is 0.343 e. The Balaban J connectivity index is 0.00000462. The van der Waals surface area contributed by atoms with E-state index in [-0.39, 0.29) is 29.6 Å². The molecule has 218 valence electrons. The van der Waals surface area contributed by atoms with E-state index in [1.807, 2.05) is 73.7 Å². The van der Waals surface area contributed by atoms with E-state index in [4.69, 9.17) is 9.52 Å². The van der Waals surface area contributed by atoms with Crippen molar-refractivity contribution in [1.29, 1.82) is 0 Å². The van der Waals surface area contributed by atoms with Crippen LogP contribution in [0.15, 0.2) is 99.2 Å². The van der Waals surface area contributed by atoms with Gasteiger partial charge in [0.15, 0.2) is 0 Å². The zero-order valence-corrected chi connectivity index (χ0v) is 25.0. The second-order valence-corrected chi connectivity index (χ2v) is 10.5. The van der Waals surface area contributed by atoms with Crippen LogP contribution in [0.25, 0.3) is 11.0 Å². The summed E-state index contributed by atoms with van der Waals surface area (Å²) in [5.74, 6) is -0.628. The number of nitrogens with zero attached hydrogens (tertiary/aromatic N) is 1. The van der Waals surface area contributed by atoms with Gasteiger partial charge in [-0.25, -0.2) is 4.79 Å². The summed E-state index contributed by atoms with van der Waals surface area (Å²) in [5, 5.41) is 17.0. The van der Waals surface area contributed by atoms with Crippen molar-refractivity contribution in [2.75, 3.05) is 25.1 Å². The largest absolute Gasteiger partial charge is 1.00 e. The summed E-state index contributed by atoms with van der Waals surface area (Å²) < 4.78 is 5.79. The highest BCUT2D eigenvalue weighted by Crippen LogP contribution is 2.38. The number of para-hydroxylation sites is 2. The number of hydrogen-bond acceptors (Lipinski definition) is 5. The minimum Gasteiger partial charge on any atom is -1.00 e. The van der Waals surface area contributed by atoms with Crippen LogP contribution < -0.4 is 28.4 Å². The maximum atomic E-state index is 13.6. The van der Waals surface area contributed by atoms with Crippen LogP contribution in [0.2, 0.25) is 0 Å². The highest BCUT2D eigenvalue weighted by Gasteiger charge is 2.36. The number of benzene rings is 3. The first-order valence-corrected chi connectivity index (χ1v) is 14.5. The van der Waals surface area contributed by atoms with E-state index in [1.54, 1.807) is 18.2 Å². The van der Waals surface area contributed by atoms with Gasteiger partial charge in [-0.05, 0) is 49.6 Å². The lowest BCUT2D eigenvalue weighted by molar-refractivity contribution is -0.903. The van der Waals surface area contributed by atoms with Crippen molar-refractivity contribution in [3.63, 3.8) is 0 Å². The Bertz CT molecular complexity index is 1430. The Morgan fingerprint density at radius 3 is 2.12 bits per heavy atom. The highest BCUT2D eigenvalue weighted by molar-refractivity contribution is 5.88. The molecule has 1 aromatic heterocycles. The molecule has 3 N–H and O–H groups in total. The molecule has 7 heteroatoms. The summed E-state index contributed by atoms with van der Waals surface area (Å²) >= 11 is 0. The molecule has 0 bridgehead atoms. The van der Waals surface area contributed by atoms with E-state index in [0.29, 0.717) is 11.0 Å². The normalized spacial score (nSPS) is 13.1. The van der Waals surface area contributed by atoms with Crippen LogP contribution in [0, 0.1) is 5.92 Å². The Hall–Kier alpha value is -3.61. The van der Waals surface area contributed by atoms with E-state index >= 15 is 0 Å². The van der Waals surface area contributed by atoms with E-state index in [9.17, 15) is 9.90 Å². The van der Waals surface area contributed by atoms with Crippen LogP contribution in [-0.4, -0.2) is 30.5 Å². The standard InChI is InChI=1S/C34H41N3O3.ClH/c1-4-6-22-37(23-7-5-2)24-29(25(3)35-36-27-18-12-9-13-19-27)31(26-16-10-8-11-17-26)32-33(38)28-20-14-15-21-30(28)40-34(32)39;/h8-21,29,31,36,38H,4-7,22-24H2,1-3H3;1H/b35-25+;. The molecule has 0 aliphatic carbocycles. The quantitative estimate of drug-likeness (QED) is 0.123. The molecule has 2 atom stereocenters.